The average molecular weight is 191 g/mol. The Kier molecular flexibility index (Phi) is 4.14. The van der Waals surface area contributed by atoms with Gasteiger partial charge in [-0.25, -0.2) is 0 Å². The summed E-state index contributed by atoms with van der Waals surface area (Å²) in [5.41, 5.74) is 0. The zero-order chi connectivity index (χ0) is 8.97. The van der Waals surface area contributed by atoms with E-state index >= 15 is 0 Å². The molecule has 4 nitrogen and oxygen atoms in total. The molecule has 1 aliphatic heterocycles. The predicted molar refractivity (Wildman–Crippen MR) is 47.4 cm³/mol. The van der Waals surface area contributed by atoms with Crippen molar-refractivity contribution in [3.63, 3.8) is 0 Å². The Morgan fingerprint density at radius 3 is 2.58 bits per heavy atom. The topological polar surface area (TPSA) is 55.4 Å². The van der Waals surface area contributed by atoms with E-state index in [9.17, 15) is 8.76 Å². The lowest BCUT2D eigenvalue weighted by Crippen LogP contribution is -2.49. The minimum Gasteiger partial charge on any atom is -0.771 e. The molecule has 5 heteroatoms. The Bertz CT molecular complexity index is 159. The number of piperazine rings is 1. The van der Waals surface area contributed by atoms with Crippen LogP contribution in [0.3, 0.4) is 0 Å². The van der Waals surface area contributed by atoms with Gasteiger partial charge in [0.15, 0.2) is 0 Å². The first-order valence-electron chi connectivity index (χ1n) is 4.28. The highest BCUT2D eigenvalue weighted by atomic mass is 32.2. The van der Waals surface area contributed by atoms with E-state index in [1.54, 1.807) is 0 Å². The summed E-state index contributed by atoms with van der Waals surface area (Å²) in [6.45, 7) is 5.38. The summed E-state index contributed by atoms with van der Waals surface area (Å²) < 4.78 is 21.5. The fraction of sp³-hybridized carbons (Fsp3) is 1.00. The van der Waals surface area contributed by atoms with Crippen molar-refractivity contribution >= 4 is 11.1 Å². The lowest BCUT2D eigenvalue weighted by atomic mass is 10.3. The molecule has 0 radical (unpaired) electrons. The van der Waals surface area contributed by atoms with Gasteiger partial charge in [0.05, 0.1) is 5.37 Å². The Balaban J connectivity index is 2.46. The summed E-state index contributed by atoms with van der Waals surface area (Å²) in [4.78, 5) is 2.01. The van der Waals surface area contributed by atoms with Crippen LogP contribution in [0.15, 0.2) is 0 Å². The van der Waals surface area contributed by atoms with Crippen LogP contribution in [0.5, 0.6) is 0 Å². The van der Waals surface area contributed by atoms with Crippen LogP contribution in [0.2, 0.25) is 0 Å². The lowest BCUT2D eigenvalue weighted by molar-refractivity contribution is 0.212. The SMILES string of the molecule is CCC(N1CCNCC1)S(=O)[O-]. The smallest absolute Gasteiger partial charge is 0.0724 e. The van der Waals surface area contributed by atoms with Gasteiger partial charge in [-0.15, -0.1) is 0 Å². The Morgan fingerprint density at radius 1 is 1.58 bits per heavy atom. The van der Waals surface area contributed by atoms with Crippen LogP contribution >= 0.6 is 0 Å². The van der Waals surface area contributed by atoms with E-state index in [0.717, 1.165) is 26.2 Å². The van der Waals surface area contributed by atoms with Crippen LogP contribution in [0, 0.1) is 0 Å². The number of rotatable bonds is 3. The third-order valence-corrected chi connectivity index (χ3v) is 3.21. The van der Waals surface area contributed by atoms with E-state index < -0.39 is 11.1 Å². The van der Waals surface area contributed by atoms with Gasteiger partial charge in [0.1, 0.15) is 0 Å². The first-order chi connectivity index (χ1) is 5.75. The highest BCUT2D eigenvalue weighted by Crippen LogP contribution is 2.07. The maximum Gasteiger partial charge on any atom is 0.0724 e. The fourth-order valence-corrected chi connectivity index (χ4v) is 2.21. The maximum absolute atomic E-state index is 10.8. The third-order valence-electron chi connectivity index (χ3n) is 2.13. The molecule has 0 bridgehead atoms. The molecule has 0 saturated carbocycles. The molecule has 0 aromatic carbocycles. The van der Waals surface area contributed by atoms with Gasteiger partial charge in [-0.2, -0.15) is 0 Å². The highest BCUT2D eigenvalue weighted by Gasteiger charge is 2.18. The molecule has 0 aromatic rings. The van der Waals surface area contributed by atoms with Crippen LogP contribution in [0.4, 0.5) is 0 Å². The molecule has 0 aromatic heterocycles. The summed E-state index contributed by atoms with van der Waals surface area (Å²) in [5, 5.41) is 2.90. The predicted octanol–water partition coefficient (Wildman–Crippen LogP) is -0.493. The van der Waals surface area contributed by atoms with Crippen LogP contribution < -0.4 is 5.32 Å². The van der Waals surface area contributed by atoms with Crippen molar-refractivity contribution in [2.24, 2.45) is 0 Å². The van der Waals surface area contributed by atoms with Crippen LogP contribution in [-0.2, 0) is 11.1 Å². The van der Waals surface area contributed by atoms with E-state index in [1.807, 2.05) is 11.8 Å². The van der Waals surface area contributed by atoms with Crippen molar-refractivity contribution in [2.75, 3.05) is 26.2 Å². The second-order valence-electron chi connectivity index (χ2n) is 2.91. The number of hydrogen-bond acceptors (Lipinski definition) is 4. The summed E-state index contributed by atoms with van der Waals surface area (Å²) in [5.74, 6) is 0. The van der Waals surface area contributed by atoms with E-state index in [4.69, 9.17) is 0 Å². The molecule has 2 atom stereocenters. The van der Waals surface area contributed by atoms with Crippen molar-refractivity contribution in [2.45, 2.75) is 18.7 Å². The van der Waals surface area contributed by atoms with Gasteiger partial charge in [0, 0.05) is 26.2 Å². The van der Waals surface area contributed by atoms with E-state index in [-0.39, 0.29) is 5.37 Å². The summed E-state index contributed by atoms with van der Waals surface area (Å²) >= 11 is -1.95. The Labute approximate surface area is 75.6 Å². The van der Waals surface area contributed by atoms with Crippen molar-refractivity contribution < 1.29 is 8.76 Å². The molecule has 1 heterocycles. The first-order valence-corrected chi connectivity index (χ1v) is 5.42. The second-order valence-corrected chi connectivity index (χ2v) is 3.97. The Hall–Kier alpha value is 0.0300. The van der Waals surface area contributed by atoms with Crippen LogP contribution in [-0.4, -0.2) is 45.2 Å². The average Bonchev–Trinajstić information content (AvgIpc) is 2.07. The largest absolute Gasteiger partial charge is 0.771 e. The normalized spacial score (nSPS) is 25.2. The van der Waals surface area contributed by atoms with Crippen LogP contribution in [0.1, 0.15) is 13.3 Å². The summed E-state index contributed by atoms with van der Waals surface area (Å²) in [6, 6.07) is 0. The summed E-state index contributed by atoms with van der Waals surface area (Å²) in [6.07, 6.45) is 0.677. The van der Waals surface area contributed by atoms with Gasteiger partial charge in [0.25, 0.3) is 0 Å². The minimum absolute atomic E-state index is 0.285. The van der Waals surface area contributed by atoms with Gasteiger partial charge < -0.3 is 9.87 Å². The molecule has 0 spiro atoms. The molecule has 0 amide bonds. The quantitative estimate of drug-likeness (QED) is 0.611. The standard InChI is InChI=1S/C7H16N2O2S/c1-2-7(12(10)11)9-5-3-8-4-6-9/h7-8H,2-6H2,1H3,(H,10,11)/p-1. The molecule has 1 aliphatic rings. The zero-order valence-corrected chi connectivity index (χ0v) is 8.10. The maximum atomic E-state index is 10.8. The zero-order valence-electron chi connectivity index (χ0n) is 7.28. The number of nitrogens with one attached hydrogen (secondary N) is 1. The molecular formula is C7H15N2O2S-. The van der Waals surface area contributed by atoms with E-state index in [2.05, 4.69) is 5.32 Å². The molecule has 12 heavy (non-hydrogen) atoms. The molecule has 1 rings (SSSR count). The van der Waals surface area contributed by atoms with Crippen molar-refractivity contribution in [1.29, 1.82) is 0 Å². The Morgan fingerprint density at radius 2 is 2.17 bits per heavy atom. The fourth-order valence-electron chi connectivity index (χ4n) is 1.49. The molecule has 0 aliphatic carbocycles. The number of nitrogens with zero attached hydrogens (tertiary/aromatic N) is 1. The second kappa shape index (κ2) is 4.91. The van der Waals surface area contributed by atoms with E-state index in [0.29, 0.717) is 6.42 Å². The van der Waals surface area contributed by atoms with Gasteiger partial charge in [-0.3, -0.25) is 9.11 Å². The monoisotopic (exact) mass is 191 g/mol. The first kappa shape index (κ1) is 10.1. The van der Waals surface area contributed by atoms with Gasteiger partial charge >= 0.3 is 0 Å². The summed E-state index contributed by atoms with van der Waals surface area (Å²) in [7, 11) is 0. The molecule has 72 valence electrons. The third kappa shape index (κ3) is 2.52. The van der Waals surface area contributed by atoms with Gasteiger partial charge in [-0.1, -0.05) is 6.92 Å². The van der Waals surface area contributed by atoms with Crippen LogP contribution in [0.25, 0.3) is 0 Å². The van der Waals surface area contributed by atoms with E-state index in [1.165, 1.54) is 0 Å². The molecule has 1 fully saturated rings. The highest BCUT2D eigenvalue weighted by molar-refractivity contribution is 7.79. The number of hydrogen-bond donors (Lipinski definition) is 1. The molecule has 1 saturated heterocycles. The van der Waals surface area contributed by atoms with Gasteiger partial charge in [-0.05, 0) is 17.5 Å². The lowest BCUT2D eigenvalue weighted by Gasteiger charge is -2.35. The molecule has 1 N–H and O–H groups in total. The molecular weight excluding hydrogens is 176 g/mol. The van der Waals surface area contributed by atoms with Crippen molar-refractivity contribution in [1.82, 2.24) is 10.2 Å². The van der Waals surface area contributed by atoms with Gasteiger partial charge in [0.2, 0.25) is 0 Å². The van der Waals surface area contributed by atoms with Crippen molar-refractivity contribution in [3.8, 4) is 0 Å². The molecule has 2 unspecified atom stereocenters. The van der Waals surface area contributed by atoms with Crippen molar-refractivity contribution in [3.05, 3.63) is 0 Å². The minimum atomic E-state index is -1.95.